The van der Waals surface area contributed by atoms with Gasteiger partial charge in [0.15, 0.2) is 0 Å². The van der Waals surface area contributed by atoms with E-state index in [1.54, 1.807) is 0 Å². The first-order valence-electron chi connectivity index (χ1n) is 6.46. The summed E-state index contributed by atoms with van der Waals surface area (Å²) in [6, 6.07) is 6.25. The first kappa shape index (κ1) is 13.0. The summed E-state index contributed by atoms with van der Waals surface area (Å²) in [4.78, 5) is 3.37. The Bertz CT molecular complexity index is 579. The van der Waals surface area contributed by atoms with Crippen molar-refractivity contribution >= 4 is 10.9 Å². The number of aromatic amines is 1. The van der Waals surface area contributed by atoms with Crippen LogP contribution in [-0.4, -0.2) is 10.1 Å². The molecule has 1 heterocycles. The molecule has 0 saturated heterocycles. The fourth-order valence-corrected chi connectivity index (χ4v) is 2.19. The number of H-pyrrole nitrogens is 1. The monoisotopic (exact) mass is 245 g/mol. The van der Waals surface area contributed by atoms with Crippen LogP contribution in [0.25, 0.3) is 10.9 Å². The minimum Gasteiger partial charge on any atom is -0.505 e. The fourth-order valence-electron chi connectivity index (χ4n) is 2.19. The fraction of sp³-hybridized carbons (Fsp3) is 0.500. The number of hydrogen-bond donors (Lipinski definition) is 2. The zero-order chi connectivity index (χ0) is 13.7. The van der Waals surface area contributed by atoms with E-state index >= 15 is 0 Å². The minimum atomic E-state index is -0.0784. The largest absolute Gasteiger partial charge is 0.505 e. The number of nitrogens with one attached hydrogen (secondary N) is 1. The molecule has 2 nitrogen and oxygen atoms in total. The van der Waals surface area contributed by atoms with Gasteiger partial charge in [-0.15, -0.1) is 0 Å². The lowest BCUT2D eigenvalue weighted by atomic mass is 9.86. The molecular weight excluding hydrogens is 222 g/mol. The van der Waals surface area contributed by atoms with Crippen LogP contribution in [0.5, 0.6) is 5.75 Å². The number of aromatic hydroxyl groups is 1. The van der Waals surface area contributed by atoms with E-state index in [9.17, 15) is 5.11 Å². The number of fused-ring (bicyclic) bond motifs is 1. The van der Waals surface area contributed by atoms with E-state index in [0.29, 0.717) is 5.75 Å². The molecule has 2 aromatic rings. The lowest BCUT2D eigenvalue weighted by molar-refractivity contribution is 0.448. The number of aromatic nitrogens is 1. The molecule has 0 aliphatic heterocycles. The van der Waals surface area contributed by atoms with Crippen molar-refractivity contribution in [2.24, 2.45) is 0 Å². The van der Waals surface area contributed by atoms with Gasteiger partial charge in [0.25, 0.3) is 0 Å². The maximum Gasteiger partial charge on any atom is 0.144 e. The first-order chi connectivity index (χ1) is 8.10. The maximum absolute atomic E-state index is 10.3. The van der Waals surface area contributed by atoms with Crippen molar-refractivity contribution in [2.45, 2.75) is 52.4 Å². The Morgan fingerprint density at radius 3 is 2.06 bits per heavy atom. The highest BCUT2D eigenvalue weighted by Gasteiger charge is 2.23. The van der Waals surface area contributed by atoms with E-state index in [0.717, 1.165) is 16.6 Å². The van der Waals surface area contributed by atoms with Gasteiger partial charge in [-0.1, -0.05) is 47.6 Å². The standard InChI is InChI=1S/C16H23NO/c1-15(2,3)10-7-8-11-12(9-10)17-14(13(11)18)16(4,5)6/h7-9,17-18H,1-6H3. The lowest BCUT2D eigenvalue weighted by Gasteiger charge is -2.18. The van der Waals surface area contributed by atoms with Gasteiger partial charge in [0, 0.05) is 16.3 Å². The summed E-state index contributed by atoms with van der Waals surface area (Å²) in [5.41, 5.74) is 3.24. The third-order valence-corrected chi connectivity index (χ3v) is 3.39. The Morgan fingerprint density at radius 1 is 0.944 bits per heavy atom. The van der Waals surface area contributed by atoms with Gasteiger partial charge in [0.05, 0.1) is 5.69 Å². The molecule has 0 radical (unpaired) electrons. The van der Waals surface area contributed by atoms with Gasteiger partial charge in [0.1, 0.15) is 5.75 Å². The first-order valence-corrected chi connectivity index (χ1v) is 6.46. The number of hydrogen-bond acceptors (Lipinski definition) is 1. The molecule has 2 heteroatoms. The molecule has 18 heavy (non-hydrogen) atoms. The second-order valence-corrected chi connectivity index (χ2v) is 7.11. The van der Waals surface area contributed by atoms with Crippen LogP contribution < -0.4 is 0 Å². The molecule has 0 amide bonds. The molecule has 2 N–H and O–H groups in total. The Hall–Kier alpha value is -1.44. The molecule has 2 rings (SSSR count). The van der Waals surface area contributed by atoms with Crippen molar-refractivity contribution in [3.8, 4) is 5.75 Å². The summed E-state index contributed by atoms with van der Waals surface area (Å²) in [6.45, 7) is 12.9. The van der Waals surface area contributed by atoms with Crippen LogP contribution in [0.4, 0.5) is 0 Å². The summed E-state index contributed by atoms with van der Waals surface area (Å²) >= 11 is 0. The Labute approximate surface area is 109 Å². The minimum absolute atomic E-state index is 0.0784. The second kappa shape index (κ2) is 3.78. The summed E-state index contributed by atoms with van der Waals surface area (Å²) < 4.78 is 0. The topological polar surface area (TPSA) is 36.0 Å². The summed E-state index contributed by atoms with van der Waals surface area (Å²) in [5, 5.41) is 11.2. The molecule has 0 fully saturated rings. The van der Waals surface area contributed by atoms with Crippen LogP contribution in [0.15, 0.2) is 18.2 Å². The van der Waals surface area contributed by atoms with Crippen molar-refractivity contribution < 1.29 is 5.11 Å². The van der Waals surface area contributed by atoms with Crippen LogP contribution in [0.2, 0.25) is 0 Å². The van der Waals surface area contributed by atoms with Gasteiger partial charge < -0.3 is 10.1 Å². The van der Waals surface area contributed by atoms with Crippen LogP contribution in [0, 0.1) is 0 Å². The van der Waals surface area contributed by atoms with Crippen LogP contribution in [-0.2, 0) is 10.8 Å². The molecule has 0 aliphatic rings. The molecule has 0 spiro atoms. The zero-order valence-corrected chi connectivity index (χ0v) is 12.2. The Balaban J connectivity index is 2.67. The van der Waals surface area contributed by atoms with Gasteiger partial charge in [-0.3, -0.25) is 0 Å². The highest BCUT2D eigenvalue weighted by Crippen LogP contribution is 2.37. The molecule has 0 bridgehead atoms. The van der Waals surface area contributed by atoms with Crippen LogP contribution >= 0.6 is 0 Å². The van der Waals surface area contributed by atoms with E-state index in [4.69, 9.17) is 0 Å². The van der Waals surface area contributed by atoms with E-state index in [1.807, 2.05) is 6.07 Å². The van der Waals surface area contributed by atoms with Gasteiger partial charge in [-0.25, -0.2) is 0 Å². The molecular formula is C16H23NO. The third kappa shape index (κ3) is 2.12. The third-order valence-electron chi connectivity index (χ3n) is 3.39. The smallest absolute Gasteiger partial charge is 0.144 e. The number of benzene rings is 1. The molecule has 0 aliphatic carbocycles. The maximum atomic E-state index is 10.3. The van der Waals surface area contributed by atoms with E-state index in [1.165, 1.54) is 5.56 Å². The predicted octanol–water partition coefficient (Wildman–Crippen LogP) is 4.47. The van der Waals surface area contributed by atoms with Crippen molar-refractivity contribution in [2.75, 3.05) is 0 Å². The van der Waals surface area contributed by atoms with Crippen molar-refractivity contribution in [3.63, 3.8) is 0 Å². The molecule has 0 saturated carbocycles. The molecule has 0 unspecified atom stereocenters. The van der Waals surface area contributed by atoms with Crippen LogP contribution in [0.1, 0.15) is 52.8 Å². The Morgan fingerprint density at radius 2 is 1.56 bits per heavy atom. The van der Waals surface area contributed by atoms with E-state index in [-0.39, 0.29) is 10.8 Å². The summed E-state index contributed by atoms with van der Waals surface area (Å²) in [7, 11) is 0. The average Bonchev–Trinajstić information content (AvgIpc) is 2.54. The van der Waals surface area contributed by atoms with E-state index < -0.39 is 0 Å². The highest BCUT2D eigenvalue weighted by molar-refractivity contribution is 5.88. The van der Waals surface area contributed by atoms with Crippen LogP contribution in [0.3, 0.4) is 0 Å². The van der Waals surface area contributed by atoms with Crippen molar-refractivity contribution in [1.82, 2.24) is 4.98 Å². The molecule has 1 aromatic heterocycles. The lowest BCUT2D eigenvalue weighted by Crippen LogP contribution is -2.11. The zero-order valence-electron chi connectivity index (χ0n) is 12.2. The van der Waals surface area contributed by atoms with Crippen molar-refractivity contribution in [3.05, 3.63) is 29.5 Å². The molecule has 1 aromatic carbocycles. The highest BCUT2D eigenvalue weighted by atomic mass is 16.3. The summed E-state index contributed by atoms with van der Waals surface area (Å²) in [5.74, 6) is 0.387. The predicted molar refractivity (Wildman–Crippen MR) is 77.4 cm³/mol. The van der Waals surface area contributed by atoms with E-state index in [2.05, 4.69) is 58.7 Å². The van der Waals surface area contributed by atoms with Gasteiger partial charge in [-0.05, 0) is 23.1 Å². The van der Waals surface area contributed by atoms with Gasteiger partial charge >= 0.3 is 0 Å². The Kier molecular flexibility index (Phi) is 2.73. The molecule has 98 valence electrons. The van der Waals surface area contributed by atoms with Gasteiger partial charge in [-0.2, -0.15) is 0 Å². The second-order valence-electron chi connectivity index (χ2n) is 7.11. The quantitative estimate of drug-likeness (QED) is 0.706. The average molecular weight is 245 g/mol. The summed E-state index contributed by atoms with van der Waals surface area (Å²) in [6.07, 6.45) is 0. The van der Waals surface area contributed by atoms with Crippen molar-refractivity contribution in [1.29, 1.82) is 0 Å². The number of rotatable bonds is 0. The normalized spacial score (nSPS) is 13.2. The SMILES string of the molecule is CC(C)(C)c1ccc2c(O)c(C(C)(C)C)[nH]c2c1. The molecule has 0 atom stereocenters. The van der Waals surface area contributed by atoms with Gasteiger partial charge in [0.2, 0.25) is 0 Å².